The molecule has 6 heteroatoms. The summed E-state index contributed by atoms with van der Waals surface area (Å²) >= 11 is 0. The second kappa shape index (κ2) is 5.74. The van der Waals surface area contributed by atoms with Crippen molar-refractivity contribution < 1.29 is 19.4 Å². The van der Waals surface area contributed by atoms with Crippen LogP contribution in [0.5, 0.6) is 5.75 Å². The normalized spacial score (nSPS) is 40.3. The fraction of sp³-hybridized carbons (Fsp3) is 0.591. The van der Waals surface area contributed by atoms with E-state index in [4.69, 9.17) is 9.47 Å². The first-order chi connectivity index (χ1) is 13.4. The Morgan fingerprint density at radius 2 is 2.21 bits per heavy atom. The topological polar surface area (TPSA) is 71.0 Å². The van der Waals surface area contributed by atoms with Gasteiger partial charge in [0, 0.05) is 35.2 Å². The van der Waals surface area contributed by atoms with E-state index in [1.165, 1.54) is 12.7 Å². The van der Waals surface area contributed by atoms with Crippen LogP contribution in [-0.2, 0) is 14.9 Å². The van der Waals surface area contributed by atoms with E-state index in [9.17, 15) is 9.90 Å². The van der Waals surface area contributed by atoms with E-state index in [-0.39, 0.29) is 16.9 Å². The van der Waals surface area contributed by atoms with Gasteiger partial charge in [-0.2, -0.15) is 0 Å². The third-order valence-corrected chi connectivity index (χ3v) is 7.82. The number of nitrogens with one attached hydrogen (secondary N) is 1. The number of nitrogens with zero attached hydrogens (tertiary/aromatic N) is 1. The number of carbonyl (C=O) groups excluding carboxylic acids is 1. The van der Waals surface area contributed by atoms with Crippen LogP contribution in [0.4, 0.5) is 5.69 Å². The number of hydrogen-bond donors (Lipinski definition) is 2. The molecule has 2 N–H and O–H groups in total. The Hall–Kier alpha value is -2.05. The molecule has 28 heavy (non-hydrogen) atoms. The van der Waals surface area contributed by atoms with Gasteiger partial charge < -0.3 is 19.9 Å². The van der Waals surface area contributed by atoms with Crippen LogP contribution in [0.2, 0.25) is 0 Å². The highest BCUT2D eigenvalue weighted by Crippen LogP contribution is 2.65. The molecular weight excluding hydrogens is 356 g/mol. The molecule has 3 aliphatic heterocycles. The number of fused-ring (bicyclic) bond motifs is 1. The minimum atomic E-state index is -1.59. The number of hydrogen-bond acceptors (Lipinski definition) is 6. The maximum Gasteiger partial charge on any atom is 0.340 e. The van der Waals surface area contributed by atoms with Gasteiger partial charge in [-0.3, -0.25) is 4.90 Å². The van der Waals surface area contributed by atoms with Gasteiger partial charge in [-0.25, -0.2) is 4.79 Å². The third-order valence-electron chi connectivity index (χ3n) is 7.82. The van der Waals surface area contributed by atoms with Crippen LogP contribution < -0.4 is 10.1 Å². The SMILES string of the molecule is CC[C@]12C=CCN3CC[C@]4(c5ccc(OC)cc5N[C@H]4[C@@](O)(C(=O)OC)C1)[C@@H]32. The van der Waals surface area contributed by atoms with Gasteiger partial charge in [0.15, 0.2) is 5.60 Å². The standard InChI is InChI=1S/C22H28N2O4/c1-4-20-8-5-10-24-11-9-21(18(20)24)15-7-6-14(27-2)12-16(15)23-17(21)22(26,13-20)19(25)28-3/h5-8,12,17-18,23,26H,4,9-11,13H2,1-3H3/t17-,18+,20+,21-,22-/m1/s1. The van der Waals surface area contributed by atoms with E-state index >= 15 is 0 Å². The lowest BCUT2D eigenvalue weighted by Gasteiger charge is -2.59. The van der Waals surface area contributed by atoms with E-state index in [0.717, 1.165) is 37.4 Å². The first-order valence-corrected chi connectivity index (χ1v) is 10.1. The molecule has 0 amide bonds. The highest BCUT2D eigenvalue weighted by Gasteiger charge is 2.73. The summed E-state index contributed by atoms with van der Waals surface area (Å²) in [4.78, 5) is 15.5. The lowest BCUT2D eigenvalue weighted by molar-refractivity contribution is -0.179. The molecule has 150 valence electrons. The predicted molar refractivity (Wildman–Crippen MR) is 106 cm³/mol. The Labute approximate surface area is 165 Å². The van der Waals surface area contributed by atoms with Crippen LogP contribution in [-0.4, -0.2) is 61.0 Å². The molecule has 4 aliphatic rings. The largest absolute Gasteiger partial charge is 0.497 e. The van der Waals surface area contributed by atoms with Crippen molar-refractivity contribution in [3.05, 3.63) is 35.9 Å². The molecule has 5 atom stereocenters. The van der Waals surface area contributed by atoms with E-state index in [1.807, 2.05) is 12.1 Å². The number of methoxy groups -OCH3 is 2. The van der Waals surface area contributed by atoms with Crippen LogP contribution in [0.3, 0.4) is 0 Å². The zero-order valence-electron chi connectivity index (χ0n) is 16.7. The maximum absolute atomic E-state index is 12.9. The molecule has 0 aromatic heterocycles. The van der Waals surface area contributed by atoms with Crippen LogP contribution in [0.15, 0.2) is 30.4 Å². The van der Waals surface area contributed by atoms with E-state index in [2.05, 4.69) is 35.4 Å². The van der Waals surface area contributed by atoms with Crippen molar-refractivity contribution in [2.45, 2.75) is 49.3 Å². The molecule has 5 rings (SSSR count). The molecule has 1 saturated heterocycles. The minimum Gasteiger partial charge on any atom is -0.497 e. The second-order valence-electron chi connectivity index (χ2n) is 8.76. The number of carbonyl (C=O) groups is 1. The smallest absolute Gasteiger partial charge is 0.340 e. The molecule has 1 saturated carbocycles. The summed E-state index contributed by atoms with van der Waals surface area (Å²) in [6, 6.07) is 5.91. The molecule has 0 unspecified atom stereocenters. The number of anilines is 1. The van der Waals surface area contributed by atoms with Crippen molar-refractivity contribution in [3.8, 4) is 5.75 Å². The van der Waals surface area contributed by atoms with E-state index in [1.54, 1.807) is 7.11 Å². The third kappa shape index (κ3) is 1.93. The first kappa shape index (κ1) is 18.0. The predicted octanol–water partition coefficient (Wildman–Crippen LogP) is 2.08. The summed E-state index contributed by atoms with van der Waals surface area (Å²) in [7, 11) is 3.01. The zero-order chi connectivity index (χ0) is 19.7. The van der Waals surface area contributed by atoms with Crippen molar-refractivity contribution in [1.82, 2.24) is 4.90 Å². The van der Waals surface area contributed by atoms with Gasteiger partial charge in [0.05, 0.1) is 20.3 Å². The summed E-state index contributed by atoms with van der Waals surface area (Å²) < 4.78 is 10.5. The molecule has 1 spiro atoms. The van der Waals surface area contributed by atoms with Gasteiger partial charge >= 0.3 is 5.97 Å². The van der Waals surface area contributed by atoms with Crippen molar-refractivity contribution in [2.75, 3.05) is 32.6 Å². The summed E-state index contributed by atoms with van der Waals surface area (Å²) in [5, 5.41) is 15.4. The van der Waals surface area contributed by atoms with Crippen molar-refractivity contribution >= 4 is 11.7 Å². The zero-order valence-corrected chi connectivity index (χ0v) is 16.7. The van der Waals surface area contributed by atoms with E-state index in [0.29, 0.717) is 6.42 Å². The monoisotopic (exact) mass is 384 g/mol. The molecule has 3 heterocycles. The average Bonchev–Trinajstić information content (AvgIpc) is 3.28. The van der Waals surface area contributed by atoms with E-state index < -0.39 is 17.6 Å². The number of benzene rings is 1. The summed E-state index contributed by atoms with van der Waals surface area (Å²) in [6.45, 7) is 4.04. The van der Waals surface area contributed by atoms with Gasteiger partial charge in [-0.1, -0.05) is 25.1 Å². The molecule has 1 aliphatic carbocycles. The Bertz CT molecular complexity index is 870. The Kier molecular flexibility index (Phi) is 3.69. The Balaban J connectivity index is 1.78. The summed E-state index contributed by atoms with van der Waals surface area (Å²) in [5.41, 5.74) is -0.0671. The average molecular weight is 384 g/mol. The summed E-state index contributed by atoms with van der Waals surface area (Å²) in [6.07, 6.45) is 6.59. The quantitative estimate of drug-likeness (QED) is 0.614. The molecular formula is C22H28N2O4. The first-order valence-electron chi connectivity index (χ1n) is 10.1. The summed E-state index contributed by atoms with van der Waals surface area (Å²) in [5.74, 6) is 0.218. The number of rotatable bonds is 3. The van der Waals surface area contributed by atoms with Crippen molar-refractivity contribution in [2.24, 2.45) is 5.41 Å². The van der Waals surface area contributed by atoms with Crippen LogP contribution in [0.1, 0.15) is 31.7 Å². The molecule has 1 aromatic rings. The number of esters is 1. The van der Waals surface area contributed by atoms with Gasteiger partial charge in [0.1, 0.15) is 5.75 Å². The minimum absolute atomic E-state index is 0.243. The molecule has 0 radical (unpaired) electrons. The Morgan fingerprint density at radius 1 is 1.39 bits per heavy atom. The van der Waals surface area contributed by atoms with Gasteiger partial charge in [-0.05, 0) is 37.4 Å². The lowest BCUT2D eigenvalue weighted by Crippen LogP contribution is -2.73. The fourth-order valence-electron chi connectivity index (χ4n) is 6.81. The molecule has 2 fully saturated rings. The van der Waals surface area contributed by atoms with Gasteiger partial charge in [0.25, 0.3) is 0 Å². The highest BCUT2D eigenvalue weighted by atomic mass is 16.5. The molecule has 1 aromatic carbocycles. The van der Waals surface area contributed by atoms with Crippen LogP contribution in [0.25, 0.3) is 0 Å². The number of ether oxygens (including phenoxy) is 2. The van der Waals surface area contributed by atoms with Crippen molar-refractivity contribution in [1.29, 1.82) is 0 Å². The van der Waals surface area contributed by atoms with Gasteiger partial charge in [0.2, 0.25) is 0 Å². The Morgan fingerprint density at radius 3 is 2.93 bits per heavy atom. The number of aliphatic hydroxyl groups is 1. The van der Waals surface area contributed by atoms with Crippen molar-refractivity contribution in [3.63, 3.8) is 0 Å². The highest BCUT2D eigenvalue weighted by molar-refractivity contribution is 5.84. The van der Waals surface area contributed by atoms with Crippen LogP contribution >= 0.6 is 0 Å². The molecule has 0 bridgehead atoms. The molecule has 6 nitrogen and oxygen atoms in total. The van der Waals surface area contributed by atoms with Crippen LogP contribution in [0, 0.1) is 5.41 Å². The fourth-order valence-corrected chi connectivity index (χ4v) is 6.81. The lowest BCUT2D eigenvalue weighted by atomic mass is 9.49. The van der Waals surface area contributed by atoms with Gasteiger partial charge in [-0.15, -0.1) is 0 Å². The second-order valence-corrected chi connectivity index (χ2v) is 8.76. The maximum atomic E-state index is 12.9.